The molecule has 2 nitrogen and oxygen atoms in total. The molecule has 2 bridgehead atoms. The second-order valence-corrected chi connectivity index (χ2v) is 6.45. The number of piperidine rings is 1. The Kier molecular flexibility index (Phi) is 4.24. The first-order valence-electron chi connectivity index (χ1n) is 7.37. The van der Waals surface area contributed by atoms with Gasteiger partial charge in [-0.05, 0) is 32.1 Å². The van der Waals surface area contributed by atoms with Gasteiger partial charge in [0.05, 0.1) is 0 Å². The summed E-state index contributed by atoms with van der Waals surface area (Å²) in [6.07, 6.45) is 8.14. The Morgan fingerprint density at radius 3 is 2.24 bits per heavy atom. The second kappa shape index (κ2) is 5.51. The first kappa shape index (κ1) is 13.1. The highest BCUT2D eigenvalue weighted by Gasteiger charge is 2.41. The molecule has 0 amide bonds. The monoisotopic (exact) mass is 237 g/mol. The molecular weight excluding hydrogens is 210 g/mol. The largest absolute Gasteiger partial charge is 0.300 e. The van der Waals surface area contributed by atoms with Gasteiger partial charge in [0.1, 0.15) is 5.78 Å². The maximum Gasteiger partial charge on any atom is 0.136 e. The third-order valence-electron chi connectivity index (χ3n) is 4.52. The van der Waals surface area contributed by atoms with Gasteiger partial charge in [-0.15, -0.1) is 0 Å². The summed E-state index contributed by atoms with van der Waals surface area (Å²) < 4.78 is 0. The maximum atomic E-state index is 11.6. The van der Waals surface area contributed by atoms with E-state index in [1.54, 1.807) is 0 Å². The Morgan fingerprint density at radius 1 is 1.12 bits per heavy atom. The molecule has 2 rings (SSSR count). The van der Waals surface area contributed by atoms with Gasteiger partial charge in [0.25, 0.3) is 0 Å². The molecule has 0 aromatic heterocycles. The lowest BCUT2D eigenvalue weighted by atomic mass is 9.96. The van der Waals surface area contributed by atoms with Crippen molar-refractivity contribution in [1.29, 1.82) is 0 Å². The SMILES string of the molecule is CC(C)CCCC(C)N1C2CCC1CC(=O)C2. The van der Waals surface area contributed by atoms with Crippen LogP contribution in [0.25, 0.3) is 0 Å². The van der Waals surface area contributed by atoms with E-state index < -0.39 is 0 Å². The van der Waals surface area contributed by atoms with E-state index in [0.29, 0.717) is 23.9 Å². The minimum Gasteiger partial charge on any atom is -0.300 e. The number of carbonyl (C=O) groups excluding carboxylic acids is 1. The molecule has 0 aliphatic carbocycles. The van der Waals surface area contributed by atoms with Crippen LogP contribution in [0.5, 0.6) is 0 Å². The summed E-state index contributed by atoms with van der Waals surface area (Å²) >= 11 is 0. The highest BCUT2D eigenvalue weighted by atomic mass is 16.1. The van der Waals surface area contributed by atoms with Gasteiger partial charge in [-0.3, -0.25) is 9.69 Å². The van der Waals surface area contributed by atoms with E-state index in [-0.39, 0.29) is 0 Å². The predicted molar refractivity (Wildman–Crippen MR) is 71.0 cm³/mol. The normalized spacial score (nSPS) is 31.2. The summed E-state index contributed by atoms with van der Waals surface area (Å²) in [5.41, 5.74) is 0. The van der Waals surface area contributed by atoms with Gasteiger partial charge >= 0.3 is 0 Å². The van der Waals surface area contributed by atoms with Gasteiger partial charge < -0.3 is 0 Å². The molecule has 2 saturated heterocycles. The topological polar surface area (TPSA) is 20.3 Å². The van der Waals surface area contributed by atoms with Gasteiger partial charge in [-0.2, -0.15) is 0 Å². The Morgan fingerprint density at radius 2 is 1.71 bits per heavy atom. The number of rotatable bonds is 5. The molecule has 2 fully saturated rings. The summed E-state index contributed by atoms with van der Waals surface area (Å²) in [4.78, 5) is 14.2. The Labute approximate surface area is 106 Å². The molecule has 2 heterocycles. The van der Waals surface area contributed by atoms with Crippen LogP contribution in [-0.4, -0.2) is 28.8 Å². The average Bonchev–Trinajstić information content (AvgIpc) is 2.50. The van der Waals surface area contributed by atoms with Gasteiger partial charge in [-0.25, -0.2) is 0 Å². The lowest BCUT2D eigenvalue weighted by molar-refractivity contribution is -0.124. The summed E-state index contributed by atoms with van der Waals surface area (Å²) in [6, 6.07) is 1.84. The van der Waals surface area contributed by atoms with Crippen molar-refractivity contribution in [2.45, 2.75) is 83.8 Å². The lowest BCUT2D eigenvalue weighted by Crippen LogP contribution is -2.47. The Bertz CT molecular complexity index is 258. The van der Waals surface area contributed by atoms with Crippen LogP contribution in [0.4, 0.5) is 0 Å². The molecule has 98 valence electrons. The van der Waals surface area contributed by atoms with Crippen molar-refractivity contribution in [1.82, 2.24) is 4.90 Å². The van der Waals surface area contributed by atoms with E-state index in [9.17, 15) is 4.79 Å². The third-order valence-corrected chi connectivity index (χ3v) is 4.52. The molecular formula is C15H27NO. The summed E-state index contributed by atoms with van der Waals surface area (Å²) in [6.45, 7) is 6.96. The van der Waals surface area contributed by atoms with Crippen molar-refractivity contribution in [3.05, 3.63) is 0 Å². The zero-order valence-electron chi connectivity index (χ0n) is 11.6. The number of ketones is 1. The van der Waals surface area contributed by atoms with Crippen LogP contribution in [0.1, 0.15) is 65.7 Å². The van der Waals surface area contributed by atoms with Gasteiger partial charge in [0.15, 0.2) is 0 Å². The molecule has 17 heavy (non-hydrogen) atoms. The molecule has 2 aliphatic rings. The third kappa shape index (κ3) is 3.09. The summed E-state index contributed by atoms with van der Waals surface area (Å²) in [5, 5.41) is 0. The maximum absolute atomic E-state index is 11.6. The Hall–Kier alpha value is -0.370. The molecule has 2 heteroatoms. The van der Waals surface area contributed by atoms with Gasteiger partial charge in [-0.1, -0.05) is 26.7 Å². The van der Waals surface area contributed by atoms with Crippen LogP contribution >= 0.6 is 0 Å². The van der Waals surface area contributed by atoms with Crippen LogP contribution in [-0.2, 0) is 4.79 Å². The first-order valence-corrected chi connectivity index (χ1v) is 7.37. The van der Waals surface area contributed by atoms with Crippen LogP contribution in [0.2, 0.25) is 0 Å². The van der Waals surface area contributed by atoms with Crippen molar-refractivity contribution >= 4 is 5.78 Å². The lowest BCUT2D eigenvalue weighted by Gasteiger charge is -2.38. The van der Waals surface area contributed by atoms with Crippen molar-refractivity contribution in [2.24, 2.45) is 5.92 Å². The molecule has 0 aromatic rings. The van der Waals surface area contributed by atoms with Crippen LogP contribution in [0.3, 0.4) is 0 Å². The average molecular weight is 237 g/mol. The summed E-state index contributed by atoms with van der Waals surface area (Å²) in [5.74, 6) is 1.32. The second-order valence-electron chi connectivity index (χ2n) is 6.45. The zero-order chi connectivity index (χ0) is 12.4. The molecule has 0 aromatic carbocycles. The number of hydrogen-bond donors (Lipinski definition) is 0. The van der Waals surface area contributed by atoms with E-state index in [4.69, 9.17) is 0 Å². The number of carbonyl (C=O) groups is 1. The standard InChI is InChI=1S/C15H27NO/c1-11(2)5-4-6-12(3)16-13-7-8-14(16)10-15(17)9-13/h11-14H,4-10H2,1-3H3. The quantitative estimate of drug-likeness (QED) is 0.730. The van der Waals surface area contributed by atoms with Crippen LogP contribution < -0.4 is 0 Å². The van der Waals surface area contributed by atoms with E-state index in [0.717, 1.165) is 18.8 Å². The highest BCUT2D eigenvalue weighted by Crippen LogP contribution is 2.36. The van der Waals surface area contributed by atoms with Gasteiger partial charge in [0.2, 0.25) is 0 Å². The summed E-state index contributed by atoms with van der Waals surface area (Å²) in [7, 11) is 0. The van der Waals surface area contributed by atoms with Crippen molar-refractivity contribution in [3.8, 4) is 0 Å². The fourth-order valence-electron chi connectivity index (χ4n) is 3.70. The fraction of sp³-hybridized carbons (Fsp3) is 0.933. The molecule has 0 spiro atoms. The van der Waals surface area contributed by atoms with Crippen LogP contribution in [0, 0.1) is 5.92 Å². The molecule has 2 aliphatic heterocycles. The first-order chi connectivity index (χ1) is 8.08. The van der Waals surface area contributed by atoms with Crippen molar-refractivity contribution in [2.75, 3.05) is 0 Å². The molecule has 0 saturated carbocycles. The fourth-order valence-corrected chi connectivity index (χ4v) is 3.70. The van der Waals surface area contributed by atoms with E-state index in [2.05, 4.69) is 25.7 Å². The predicted octanol–water partition coefficient (Wildman–Crippen LogP) is 3.40. The van der Waals surface area contributed by atoms with Crippen molar-refractivity contribution in [3.63, 3.8) is 0 Å². The van der Waals surface area contributed by atoms with E-state index in [1.165, 1.54) is 32.1 Å². The highest BCUT2D eigenvalue weighted by molar-refractivity contribution is 5.81. The zero-order valence-corrected chi connectivity index (χ0v) is 11.6. The van der Waals surface area contributed by atoms with Crippen LogP contribution in [0.15, 0.2) is 0 Å². The number of fused-ring (bicyclic) bond motifs is 2. The van der Waals surface area contributed by atoms with Gasteiger partial charge in [0, 0.05) is 31.0 Å². The molecule has 0 N–H and O–H groups in total. The molecule has 3 unspecified atom stereocenters. The number of Topliss-reactive ketones (excluding diaryl/α,β-unsaturated/α-hetero) is 1. The number of nitrogens with zero attached hydrogens (tertiary/aromatic N) is 1. The number of hydrogen-bond acceptors (Lipinski definition) is 2. The minimum atomic E-state index is 0.503. The molecule has 0 radical (unpaired) electrons. The van der Waals surface area contributed by atoms with Crippen molar-refractivity contribution < 1.29 is 4.79 Å². The molecule has 3 atom stereocenters. The minimum absolute atomic E-state index is 0.503. The smallest absolute Gasteiger partial charge is 0.136 e. The van der Waals surface area contributed by atoms with E-state index >= 15 is 0 Å². The Balaban J connectivity index is 1.83. The van der Waals surface area contributed by atoms with E-state index in [1.807, 2.05) is 0 Å².